The molecular weight excluding hydrogens is 261 g/mol. The zero-order valence-electron chi connectivity index (χ0n) is 10.5. The normalized spacial score (nSPS) is 14.3. The van der Waals surface area contributed by atoms with Gasteiger partial charge in [-0.25, -0.2) is 0 Å². The maximum Gasteiger partial charge on any atom is 0.417 e. The van der Waals surface area contributed by atoms with Gasteiger partial charge >= 0.3 is 6.18 Å². The van der Waals surface area contributed by atoms with Gasteiger partial charge in [-0.05, 0) is 31.5 Å². The van der Waals surface area contributed by atoms with Crippen molar-refractivity contribution in [2.24, 2.45) is 10.9 Å². The molecule has 0 heterocycles. The molecular formula is C12H15F3N2O2. The van der Waals surface area contributed by atoms with Gasteiger partial charge in [0.05, 0.1) is 11.7 Å². The van der Waals surface area contributed by atoms with Crippen LogP contribution in [0.5, 0.6) is 5.75 Å². The lowest BCUT2D eigenvalue weighted by Gasteiger charge is -2.16. The molecule has 1 atom stereocenters. The smallest absolute Gasteiger partial charge is 0.417 e. The van der Waals surface area contributed by atoms with Gasteiger partial charge in [-0.2, -0.15) is 13.2 Å². The van der Waals surface area contributed by atoms with Crippen LogP contribution in [0.25, 0.3) is 0 Å². The molecule has 3 N–H and O–H groups in total. The molecule has 0 radical (unpaired) electrons. The van der Waals surface area contributed by atoms with Gasteiger partial charge in [0, 0.05) is 5.56 Å². The second-order valence-electron chi connectivity index (χ2n) is 4.03. The van der Waals surface area contributed by atoms with E-state index in [0.29, 0.717) is 6.42 Å². The fourth-order valence-corrected chi connectivity index (χ4v) is 1.42. The van der Waals surface area contributed by atoms with Crippen LogP contribution < -0.4 is 10.5 Å². The molecule has 1 aromatic rings. The van der Waals surface area contributed by atoms with E-state index in [1.807, 2.05) is 6.92 Å². The lowest BCUT2D eigenvalue weighted by atomic mass is 10.1. The molecule has 7 heteroatoms. The number of amidine groups is 1. The lowest BCUT2D eigenvalue weighted by molar-refractivity contribution is -0.137. The van der Waals surface area contributed by atoms with Crippen LogP contribution in [0.3, 0.4) is 0 Å². The first kappa shape index (κ1) is 15.1. The predicted molar refractivity (Wildman–Crippen MR) is 64.3 cm³/mol. The first-order valence-corrected chi connectivity index (χ1v) is 5.65. The van der Waals surface area contributed by atoms with Gasteiger partial charge in [-0.1, -0.05) is 12.1 Å². The molecule has 0 aliphatic rings. The number of alkyl halides is 3. The monoisotopic (exact) mass is 276 g/mol. The Kier molecular flexibility index (Phi) is 4.63. The molecule has 0 aliphatic heterocycles. The van der Waals surface area contributed by atoms with E-state index in [-0.39, 0.29) is 17.4 Å². The van der Waals surface area contributed by atoms with Gasteiger partial charge in [-0.15, -0.1) is 0 Å². The highest BCUT2D eigenvalue weighted by molar-refractivity contribution is 5.98. The maximum atomic E-state index is 12.9. The average Bonchev–Trinajstić information content (AvgIpc) is 2.36. The summed E-state index contributed by atoms with van der Waals surface area (Å²) in [6.45, 7) is 3.62. The minimum atomic E-state index is -4.61. The standard InChI is InChI=1S/C12H15F3N2O2/c1-3-7(2)19-8-4-5-9(11(16)17-18)10(6-8)12(13,14)15/h4-7,18H,3H2,1-2H3,(H2,16,17). The summed E-state index contributed by atoms with van der Waals surface area (Å²) in [5.74, 6) is -0.501. The van der Waals surface area contributed by atoms with Gasteiger partial charge in [0.15, 0.2) is 5.84 Å². The fraction of sp³-hybridized carbons (Fsp3) is 0.417. The van der Waals surface area contributed by atoms with E-state index in [1.165, 1.54) is 6.07 Å². The molecule has 0 bridgehead atoms. The third kappa shape index (κ3) is 3.77. The van der Waals surface area contributed by atoms with Crippen LogP contribution >= 0.6 is 0 Å². The zero-order valence-corrected chi connectivity index (χ0v) is 10.5. The summed E-state index contributed by atoms with van der Waals surface area (Å²) in [6.07, 6.45) is -4.14. The Labute approximate surface area is 108 Å². The summed E-state index contributed by atoms with van der Waals surface area (Å²) in [7, 11) is 0. The Morgan fingerprint density at radius 3 is 2.58 bits per heavy atom. The average molecular weight is 276 g/mol. The van der Waals surface area contributed by atoms with Crippen molar-refractivity contribution in [1.82, 2.24) is 0 Å². The third-order valence-electron chi connectivity index (χ3n) is 2.59. The molecule has 0 aliphatic carbocycles. The fourth-order valence-electron chi connectivity index (χ4n) is 1.42. The zero-order chi connectivity index (χ0) is 14.6. The van der Waals surface area contributed by atoms with Crippen LogP contribution in [-0.4, -0.2) is 17.1 Å². The topological polar surface area (TPSA) is 67.8 Å². The van der Waals surface area contributed by atoms with E-state index in [1.54, 1.807) is 6.92 Å². The molecule has 1 rings (SSSR count). The molecule has 0 amide bonds. The molecule has 0 saturated carbocycles. The van der Waals surface area contributed by atoms with Crippen molar-refractivity contribution in [1.29, 1.82) is 0 Å². The largest absolute Gasteiger partial charge is 0.491 e. The third-order valence-corrected chi connectivity index (χ3v) is 2.59. The maximum absolute atomic E-state index is 12.9. The Hall–Kier alpha value is -1.92. The van der Waals surface area contributed by atoms with Crippen molar-refractivity contribution < 1.29 is 23.1 Å². The van der Waals surface area contributed by atoms with E-state index in [9.17, 15) is 13.2 Å². The van der Waals surface area contributed by atoms with Crippen LogP contribution in [0.1, 0.15) is 31.4 Å². The van der Waals surface area contributed by atoms with E-state index < -0.39 is 17.6 Å². The molecule has 19 heavy (non-hydrogen) atoms. The molecule has 1 aromatic carbocycles. The van der Waals surface area contributed by atoms with Gasteiger partial charge in [0.25, 0.3) is 0 Å². The predicted octanol–water partition coefficient (Wildman–Crippen LogP) is 2.98. The van der Waals surface area contributed by atoms with Crippen molar-refractivity contribution >= 4 is 5.84 Å². The molecule has 106 valence electrons. The molecule has 0 fully saturated rings. The SMILES string of the molecule is CCC(C)Oc1ccc(/C(N)=N/O)c(C(F)(F)F)c1. The number of oxime groups is 1. The number of rotatable bonds is 4. The highest BCUT2D eigenvalue weighted by atomic mass is 19.4. The summed E-state index contributed by atoms with van der Waals surface area (Å²) in [5.41, 5.74) is 3.85. The lowest BCUT2D eigenvalue weighted by Crippen LogP contribution is -2.20. The summed E-state index contributed by atoms with van der Waals surface area (Å²) < 4.78 is 44.0. The van der Waals surface area contributed by atoms with Gasteiger partial charge in [0.1, 0.15) is 5.75 Å². The number of halogens is 3. The molecule has 0 aromatic heterocycles. The van der Waals surface area contributed by atoms with Crippen LogP contribution in [0.15, 0.2) is 23.4 Å². The summed E-state index contributed by atoms with van der Waals surface area (Å²) in [6, 6.07) is 3.32. The van der Waals surface area contributed by atoms with E-state index in [0.717, 1.165) is 12.1 Å². The molecule has 4 nitrogen and oxygen atoms in total. The van der Waals surface area contributed by atoms with Crippen molar-refractivity contribution in [3.8, 4) is 5.75 Å². The number of hydrogen-bond donors (Lipinski definition) is 2. The van der Waals surface area contributed by atoms with Crippen LogP contribution in [0.4, 0.5) is 13.2 Å². The van der Waals surface area contributed by atoms with Gasteiger partial charge < -0.3 is 15.7 Å². The Balaban J connectivity index is 3.24. The second-order valence-corrected chi connectivity index (χ2v) is 4.03. The highest BCUT2D eigenvalue weighted by Crippen LogP contribution is 2.34. The summed E-state index contributed by atoms with van der Waals surface area (Å²) in [5, 5.41) is 11.1. The van der Waals surface area contributed by atoms with Crippen molar-refractivity contribution in [3.63, 3.8) is 0 Å². The summed E-state index contributed by atoms with van der Waals surface area (Å²) in [4.78, 5) is 0. The number of hydrogen-bond acceptors (Lipinski definition) is 3. The van der Waals surface area contributed by atoms with Crippen molar-refractivity contribution in [2.75, 3.05) is 0 Å². The van der Waals surface area contributed by atoms with Gasteiger partial charge in [-0.3, -0.25) is 0 Å². The minimum Gasteiger partial charge on any atom is -0.491 e. The number of nitrogens with zero attached hydrogens (tertiary/aromatic N) is 1. The summed E-state index contributed by atoms with van der Waals surface area (Å²) >= 11 is 0. The van der Waals surface area contributed by atoms with Crippen LogP contribution in [0, 0.1) is 0 Å². The van der Waals surface area contributed by atoms with Gasteiger partial charge in [0.2, 0.25) is 0 Å². The first-order chi connectivity index (χ1) is 8.79. The van der Waals surface area contributed by atoms with E-state index in [2.05, 4.69) is 5.16 Å². The van der Waals surface area contributed by atoms with E-state index in [4.69, 9.17) is 15.7 Å². The van der Waals surface area contributed by atoms with Crippen molar-refractivity contribution in [2.45, 2.75) is 32.5 Å². The number of nitrogens with two attached hydrogens (primary N) is 1. The minimum absolute atomic E-state index is 0.0937. The second kappa shape index (κ2) is 5.81. The molecule has 1 unspecified atom stereocenters. The quantitative estimate of drug-likeness (QED) is 0.384. The first-order valence-electron chi connectivity index (χ1n) is 5.65. The Bertz CT molecular complexity index is 473. The Morgan fingerprint density at radius 1 is 1.47 bits per heavy atom. The van der Waals surface area contributed by atoms with E-state index >= 15 is 0 Å². The molecule has 0 spiro atoms. The number of benzene rings is 1. The Morgan fingerprint density at radius 2 is 2.11 bits per heavy atom. The molecule has 0 saturated heterocycles. The van der Waals surface area contributed by atoms with Crippen molar-refractivity contribution in [3.05, 3.63) is 29.3 Å². The highest BCUT2D eigenvalue weighted by Gasteiger charge is 2.35. The van der Waals surface area contributed by atoms with Crippen LogP contribution in [-0.2, 0) is 6.18 Å². The van der Waals surface area contributed by atoms with Crippen LogP contribution in [0.2, 0.25) is 0 Å². The number of ether oxygens (including phenoxy) is 1.